The molecule has 2 rings (SSSR count). The SMILES string of the molecule is CCCOc1cc(CC2CCNCC2)ccc1Br.Cl. The molecule has 0 bridgehead atoms. The van der Waals surface area contributed by atoms with Gasteiger partial charge in [0.05, 0.1) is 11.1 Å². The molecule has 0 amide bonds. The fourth-order valence-corrected chi connectivity index (χ4v) is 2.78. The molecular weight excluding hydrogens is 326 g/mol. The van der Waals surface area contributed by atoms with Gasteiger partial charge in [0.2, 0.25) is 0 Å². The molecule has 4 heteroatoms. The first-order chi connectivity index (χ1) is 8.79. The van der Waals surface area contributed by atoms with Crippen LogP contribution in [0.2, 0.25) is 0 Å². The van der Waals surface area contributed by atoms with Gasteiger partial charge in [-0.1, -0.05) is 13.0 Å². The highest BCUT2D eigenvalue weighted by molar-refractivity contribution is 9.10. The van der Waals surface area contributed by atoms with Gasteiger partial charge in [0, 0.05) is 0 Å². The van der Waals surface area contributed by atoms with Gasteiger partial charge in [0.15, 0.2) is 0 Å². The van der Waals surface area contributed by atoms with Crippen molar-refractivity contribution in [3.63, 3.8) is 0 Å². The largest absolute Gasteiger partial charge is 0.492 e. The first-order valence-corrected chi connectivity index (χ1v) is 7.71. The van der Waals surface area contributed by atoms with E-state index in [1.54, 1.807) is 0 Å². The van der Waals surface area contributed by atoms with E-state index in [1.165, 1.54) is 37.9 Å². The van der Waals surface area contributed by atoms with E-state index in [-0.39, 0.29) is 12.4 Å². The molecule has 0 aliphatic carbocycles. The molecule has 1 heterocycles. The van der Waals surface area contributed by atoms with Crippen LogP contribution in [0.25, 0.3) is 0 Å². The summed E-state index contributed by atoms with van der Waals surface area (Å²) in [6.07, 6.45) is 4.81. The van der Waals surface area contributed by atoms with Crippen molar-refractivity contribution >= 4 is 28.3 Å². The van der Waals surface area contributed by atoms with Crippen molar-refractivity contribution in [1.82, 2.24) is 5.32 Å². The average Bonchev–Trinajstić information content (AvgIpc) is 2.40. The summed E-state index contributed by atoms with van der Waals surface area (Å²) in [5.74, 6) is 1.81. The third kappa shape index (κ3) is 5.33. The number of hydrogen-bond acceptors (Lipinski definition) is 2. The van der Waals surface area contributed by atoms with E-state index in [2.05, 4.69) is 46.4 Å². The second kappa shape index (κ2) is 8.83. The van der Waals surface area contributed by atoms with E-state index < -0.39 is 0 Å². The molecule has 1 fully saturated rings. The zero-order chi connectivity index (χ0) is 12.8. The second-order valence-electron chi connectivity index (χ2n) is 5.01. The number of halogens is 2. The highest BCUT2D eigenvalue weighted by atomic mass is 79.9. The van der Waals surface area contributed by atoms with Crippen molar-refractivity contribution in [2.45, 2.75) is 32.6 Å². The highest BCUT2D eigenvalue weighted by Gasteiger charge is 2.14. The number of hydrogen-bond donors (Lipinski definition) is 1. The third-order valence-corrected chi connectivity index (χ3v) is 4.10. The maximum absolute atomic E-state index is 5.76. The minimum atomic E-state index is 0. The summed E-state index contributed by atoms with van der Waals surface area (Å²) in [6.45, 7) is 5.25. The molecular formula is C15H23BrClNO. The Bertz CT molecular complexity index is 380. The van der Waals surface area contributed by atoms with E-state index in [1.807, 2.05) is 0 Å². The van der Waals surface area contributed by atoms with Crippen LogP contribution in [-0.2, 0) is 6.42 Å². The van der Waals surface area contributed by atoms with Crippen LogP contribution in [0.1, 0.15) is 31.7 Å². The number of nitrogens with one attached hydrogen (secondary N) is 1. The Labute approximate surface area is 130 Å². The first kappa shape index (κ1) is 16.8. The Hall–Kier alpha value is -0.250. The van der Waals surface area contributed by atoms with Crippen LogP contribution in [0.3, 0.4) is 0 Å². The monoisotopic (exact) mass is 347 g/mol. The van der Waals surface area contributed by atoms with Gasteiger partial charge in [-0.15, -0.1) is 12.4 Å². The van der Waals surface area contributed by atoms with Crippen molar-refractivity contribution in [1.29, 1.82) is 0 Å². The minimum absolute atomic E-state index is 0. The third-order valence-electron chi connectivity index (χ3n) is 3.44. The van der Waals surface area contributed by atoms with Crippen molar-refractivity contribution in [3.8, 4) is 5.75 Å². The van der Waals surface area contributed by atoms with E-state index in [4.69, 9.17) is 4.74 Å². The predicted molar refractivity (Wildman–Crippen MR) is 86.5 cm³/mol. The van der Waals surface area contributed by atoms with E-state index in [0.717, 1.165) is 29.2 Å². The van der Waals surface area contributed by atoms with Crippen molar-refractivity contribution < 1.29 is 4.74 Å². The van der Waals surface area contributed by atoms with E-state index >= 15 is 0 Å². The Morgan fingerprint density at radius 2 is 2.05 bits per heavy atom. The summed E-state index contributed by atoms with van der Waals surface area (Å²) < 4.78 is 6.82. The normalized spacial score (nSPS) is 15.9. The number of benzene rings is 1. The smallest absolute Gasteiger partial charge is 0.133 e. The molecule has 2 nitrogen and oxygen atoms in total. The van der Waals surface area contributed by atoms with Crippen LogP contribution in [0.5, 0.6) is 5.75 Å². The molecule has 108 valence electrons. The van der Waals surface area contributed by atoms with Crippen LogP contribution in [0.4, 0.5) is 0 Å². The zero-order valence-corrected chi connectivity index (χ0v) is 13.9. The molecule has 0 aromatic heterocycles. The molecule has 1 aliphatic rings. The Morgan fingerprint density at radius 3 is 2.74 bits per heavy atom. The number of piperidine rings is 1. The fraction of sp³-hybridized carbons (Fsp3) is 0.600. The Kier molecular flexibility index (Phi) is 7.81. The Morgan fingerprint density at radius 1 is 1.32 bits per heavy atom. The Balaban J connectivity index is 0.00000180. The first-order valence-electron chi connectivity index (χ1n) is 6.91. The lowest BCUT2D eigenvalue weighted by Crippen LogP contribution is -2.28. The predicted octanol–water partition coefficient (Wildman–Crippen LogP) is 4.20. The van der Waals surface area contributed by atoms with Crippen molar-refractivity contribution in [2.24, 2.45) is 5.92 Å². The molecule has 0 radical (unpaired) electrons. The van der Waals surface area contributed by atoms with Crippen LogP contribution in [-0.4, -0.2) is 19.7 Å². The molecule has 0 unspecified atom stereocenters. The average molecular weight is 349 g/mol. The van der Waals surface area contributed by atoms with Crippen molar-refractivity contribution in [2.75, 3.05) is 19.7 Å². The van der Waals surface area contributed by atoms with Gasteiger partial charge >= 0.3 is 0 Å². The summed E-state index contributed by atoms with van der Waals surface area (Å²) >= 11 is 3.55. The fourth-order valence-electron chi connectivity index (χ4n) is 2.42. The van der Waals surface area contributed by atoms with Crippen LogP contribution < -0.4 is 10.1 Å². The number of rotatable bonds is 5. The molecule has 1 aromatic rings. The topological polar surface area (TPSA) is 21.3 Å². The van der Waals surface area contributed by atoms with E-state index in [9.17, 15) is 0 Å². The lowest BCUT2D eigenvalue weighted by molar-refractivity contribution is 0.314. The van der Waals surface area contributed by atoms with E-state index in [0.29, 0.717) is 0 Å². The van der Waals surface area contributed by atoms with Crippen LogP contribution in [0.15, 0.2) is 22.7 Å². The lowest BCUT2D eigenvalue weighted by atomic mass is 9.91. The maximum Gasteiger partial charge on any atom is 0.133 e. The molecule has 1 saturated heterocycles. The number of ether oxygens (including phenoxy) is 1. The molecule has 1 aromatic carbocycles. The zero-order valence-electron chi connectivity index (χ0n) is 11.5. The van der Waals surface area contributed by atoms with Gasteiger partial charge < -0.3 is 10.1 Å². The maximum atomic E-state index is 5.76. The molecule has 0 atom stereocenters. The van der Waals surface area contributed by atoms with Crippen LogP contribution in [0, 0.1) is 5.92 Å². The van der Waals surface area contributed by atoms with Crippen LogP contribution >= 0.6 is 28.3 Å². The van der Waals surface area contributed by atoms with Gasteiger partial charge in [-0.05, 0) is 78.3 Å². The molecule has 19 heavy (non-hydrogen) atoms. The summed E-state index contributed by atoms with van der Waals surface area (Å²) in [5, 5.41) is 3.42. The second-order valence-corrected chi connectivity index (χ2v) is 5.87. The van der Waals surface area contributed by atoms with Gasteiger partial charge in [0.1, 0.15) is 5.75 Å². The molecule has 0 spiro atoms. The quantitative estimate of drug-likeness (QED) is 0.861. The lowest BCUT2D eigenvalue weighted by Gasteiger charge is -2.22. The van der Waals surface area contributed by atoms with Crippen molar-refractivity contribution in [3.05, 3.63) is 28.2 Å². The van der Waals surface area contributed by atoms with Gasteiger partial charge in [0.25, 0.3) is 0 Å². The van der Waals surface area contributed by atoms with Gasteiger partial charge in [-0.2, -0.15) is 0 Å². The van der Waals surface area contributed by atoms with Gasteiger partial charge in [-0.3, -0.25) is 0 Å². The standard InChI is InChI=1S/C15H22BrNO.ClH/c1-2-9-18-15-11-13(3-4-14(15)16)10-12-5-7-17-8-6-12;/h3-4,11-12,17H,2,5-10H2,1H3;1H. The summed E-state index contributed by atoms with van der Waals surface area (Å²) in [4.78, 5) is 0. The summed E-state index contributed by atoms with van der Waals surface area (Å²) in [5.41, 5.74) is 1.40. The highest BCUT2D eigenvalue weighted by Crippen LogP contribution is 2.28. The molecule has 1 aliphatic heterocycles. The molecule has 1 N–H and O–H groups in total. The summed E-state index contributed by atoms with van der Waals surface area (Å²) in [6, 6.07) is 6.52. The summed E-state index contributed by atoms with van der Waals surface area (Å²) in [7, 11) is 0. The molecule has 0 saturated carbocycles. The van der Waals surface area contributed by atoms with Gasteiger partial charge in [-0.25, -0.2) is 0 Å². The minimum Gasteiger partial charge on any atom is -0.492 e.